The topological polar surface area (TPSA) is 59.8 Å². The summed E-state index contributed by atoms with van der Waals surface area (Å²) >= 11 is 0. The summed E-state index contributed by atoms with van der Waals surface area (Å²) in [6.45, 7) is 3.47. The summed E-state index contributed by atoms with van der Waals surface area (Å²) in [7, 11) is 3.19. The van der Waals surface area contributed by atoms with Crippen molar-refractivity contribution in [3.05, 3.63) is 59.5 Å². The Bertz CT molecular complexity index is 987. The molecular weight excluding hydrogens is 294 g/mol. The predicted octanol–water partition coefficient (Wildman–Crippen LogP) is 3.10. The number of methoxy groups -OCH3 is 1. The first-order chi connectivity index (χ1) is 11.0. The van der Waals surface area contributed by atoms with E-state index in [1.807, 2.05) is 24.3 Å². The largest absolute Gasteiger partial charge is 0.497 e. The molecule has 0 bridgehead atoms. The quantitative estimate of drug-likeness (QED) is 0.424. The summed E-state index contributed by atoms with van der Waals surface area (Å²) in [6, 6.07) is 10.6. The molecule has 5 nitrogen and oxygen atoms in total. The van der Waals surface area contributed by atoms with Gasteiger partial charge in [-0.05, 0) is 41.1 Å². The third-order valence-corrected chi connectivity index (χ3v) is 3.75. The SMILES string of the molecule is C=CC(=O)N(C)c1cc(=O)oc2cc3cc(OC)ccc3cc12. The fourth-order valence-electron chi connectivity index (χ4n) is 2.53. The Labute approximate surface area is 132 Å². The maximum Gasteiger partial charge on any atom is 0.338 e. The summed E-state index contributed by atoms with van der Waals surface area (Å²) in [5.41, 5.74) is 0.384. The second-order valence-electron chi connectivity index (χ2n) is 5.11. The van der Waals surface area contributed by atoms with Gasteiger partial charge in [-0.25, -0.2) is 4.79 Å². The predicted molar refractivity (Wildman–Crippen MR) is 90.1 cm³/mol. The summed E-state index contributed by atoms with van der Waals surface area (Å²) in [4.78, 5) is 25.1. The van der Waals surface area contributed by atoms with Gasteiger partial charge in [-0.1, -0.05) is 12.6 Å². The van der Waals surface area contributed by atoms with Gasteiger partial charge < -0.3 is 14.1 Å². The molecule has 2 aromatic carbocycles. The van der Waals surface area contributed by atoms with Crippen molar-refractivity contribution in [1.29, 1.82) is 0 Å². The lowest BCUT2D eigenvalue weighted by Crippen LogP contribution is -2.25. The molecule has 0 aliphatic rings. The zero-order valence-electron chi connectivity index (χ0n) is 12.8. The normalized spacial score (nSPS) is 10.7. The fourth-order valence-corrected chi connectivity index (χ4v) is 2.53. The van der Waals surface area contributed by atoms with Crippen LogP contribution in [0.15, 0.2) is 58.3 Å². The standard InChI is InChI=1S/C18H15NO4/c1-4-17(20)19(2)15-10-18(21)23-16-9-12-7-13(22-3)6-5-11(12)8-14(15)16/h4-10H,1H2,2-3H3. The number of amides is 1. The van der Waals surface area contributed by atoms with Crippen LogP contribution in [-0.2, 0) is 4.79 Å². The van der Waals surface area contributed by atoms with E-state index in [4.69, 9.17) is 9.15 Å². The molecule has 116 valence electrons. The minimum atomic E-state index is -0.515. The third-order valence-electron chi connectivity index (χ3n) is 3.75. The average molecular weight is 309 g/mol. The minimum Gasteiger partial charge on any atom is -0.497 e. The van der Waals surface area contributed by atoms with Gasteiger partial charge in [0, 0.05) is 18.5 Å². The van der Waals surface area contributed by atoms with E-state index >= 15 is 0 Å². The van der Waals surface area contributed by atoms with Crippen LogP contribution in [0.1, 0.15) is 0 Å². The third kappa shape index (κ3) is 2.57. The number of fused-ring (bicyclic) bond motifs is 2. The number of carbonyl (C=O) groups is 1. The highest BCUT2D eigenvalue weighted by atomic mass is 16.5. The van der Waals surface area contributed by atoms with Gasteiger partial charge in [0.15, 0.2) is 0 Å². The molecule has 1 aromatic heterocycles. The minimum absolute atomic E-state index is 0.299. The second kappa shape index (κ2) is 5.61. The molecule has 1 heterocycles. The first kappa shape index (κ1) is 14.8. The molecular formula is C18H15NO4. The highest BCUT2D eigenvalue weighted by Gasteiger charge is 2.14. The van der Waals surface area contributed by atoms with Crippen molar-refractivity contribution in [3.8, 4) is 5.75 Å². The molecule has 0 unspecified atom stereocenters. The number of rotatable bonds is 3. The molecule has 5 heteroatoms. The van der Waals surface area contributed by atoms with E-state index in [0.29, 0.717) is 22.4 Å². The van der Waals surface area contributed by atoms with E-state index in [1.54, 1.807) is 20.2 Å². The molecule has 0 saturated heterocycles. The molecule has 0 N–H and O–H groups in total. The Morgan fingerprint density at radius 3 is 2.70 bits per heavy atom. The van der Waals surface area contributed by atoms with Crippen LogP contribution in [0.2, 0.25) is 0 Å². The lowest BCUT2D eigenvalue weighted by Gasteiger charge is -2.17. The monoisotopic (exact) mass is 309 g/mol. The molecule has 3 aromatic rings. The van der Waals surface area contributed by atoms with Crippen LogP contribution < -0.4 is 15.3 Å². The average Bonchev–Trinajstić information content (AvgIpc) is 2.57. The lowest BCUT2D eigenvalue weighted by atomic mass is 10.1. The van der Waals surface area contributed by atoms with Crippen LogP contribution in [0.3, 0.4) is 0 Å². The van der Waals surface area contributed by atoms with Crippen LogP contribution in [0, 0.1) is 0 Å². The Morgan fingerprint density at radius 1 is 1.22 bits per heavy atom. The van der Waals surface area contributed by atoms with Gasteiger partial charge >= 0.3 is 5.63 Å². The number of ether oxygens (including phenoxy) is 1. The number of carbonyl (C=O) groups excluding carboxylic acids is 1. The molecule has 0 aliphatic carbocycles. The maximum atomic E-state index is 11.9. The van der Waals surface area contributed by atoms with Gasteiger partial charge in [-0.15, -0.1) is 0 Å². The summed E-state index contributed by atoms with van der Waals surface area (Å²) in [5.74, 6) is 0.418. The Balaban J connectivity index is 2.33. The van der Waals surface area contributed by atoms with E-state index in [1.165, 1.54) is 17.0 Å². The van der Waals surface area contributed by atoms with Crippen molar-refractivity contribution in [2.75, 3.05) is 19.1 Å². The molecule has 0 radical (unpaired) electrons. The Morgan fingerprint density at radius 2 is 2.00 bits per heavy atom. The smallest absolute Gasteiger partial charge is 0.338 e. The molecule has 3 rings (SSSR count). The molecule has 0 spiro atoms. The zero-order chi connectivity index (χ0) is 16.6. The van der Waals surface area contributed by atoms with Gasteiger partial charge in [0.25, 0.3) is 0 Å². The van der Waals surface area contributed by atoms with E-state index in [0.717, 1.165) is 10.8 Å². The molecule has 1 amide bonds. The highest BCUT2D eigenvalue weighted by Crippen LogP contribution is 2.30. The second-order valence-corrected chi connectivity index (χ2v) is 5.11. The fraction of sp³-hybridized carbons (Fsp3) is 0.111. The molecule has 0 aliphatic heterocycles. The number of anilines is 1. The Hall–Kier alpha value is -3.08. The van der Waals surface area contributed by atoms with Crippen LogP contribution in [0.5, 0.6) is 5.75 Å². The van der Waals surface area contributed by atoms with Crippen LogP contribution >= 0.6 is 0 Å². The Kier molecular flexibility index (Phi) is 3.62. The van der Waals surface area contributed by atoms with Crippen LogP contribution in [0.25, 0.3) is 21.7 Å². The van der Waals surface area contributed by atoms with E-state index < -0.39 is 5.63 Å². The lowest BCUT2D eigenvalue weighted by molar-refractivity contribution is -0.113. The summed E-state index contributed by atoms with van der Waals surface area (Å²) < 4.78 is 10.5. The molecule has 0 atom stereocenters. The maximum absolute atomic E-state index is 11.9. The summed E-state index contributed by atoms with van der Waals surface area (Å²) in [6.07, 6.45) is 1.20. The van der Waals surface area contributed by atoms with Gasteiger partial charge in [-0.3, -0.25) is 4.79 Å². The number of hydrogen-bond donors (Lipinski definition) is 0. The molecule has 0 fully saturated rings. The number of likely N-dealkylation sites (N-methyl/N-ethyl adjacent to an activating group) is 1. The van der Waals surface area contributed by atoms with Crippen molar-refractivity contribution < 1.29 is 13.9 Å². The summed E-state index contributed by atoms with van der Waals surface area (Å²) in [5, 5.41) is 2.52. The van der Waals surface area contributed by atoms with Crippen LogP contribution in [0.4, 0.5) is 5.69 Å². The highest BCUT2D eigenvalue weighted by molar-refractivity contribution is 6.08. The van der Waals surface area contributed by atoms with Crippen molar-refractivity contribution in [1.82, 2.24) is 0 Å². The molecule has 23 heavy (non-hydrogen) atoms. The first-order valence-corrected chi connectivity index (χ1v) is 6.99. The van der Waals surface area contributed by atoms with Crippen molar-refractivity contribution in [2.24, 2.45) is 0 Å². The van der Waals surface area contributed by atoms with Crippen molar-refractivity contribution >= 4 is 33.3 Å². The van der Waals surface area contributed by atoms with E-state index in [-0.39, 0.29) is 5.91 Å². The van der Waals surface area contributed by atoms with Crippen LogP contribution in [-0.4, -0.2) is 20.1 Å². The molecule has 0 saturated carbocycles. The van der Waals surface area contributed by atoms with Crippen molar-refractivity contribution in [3.63, 3.8) is 0 Å². The number of benzene rings is 2. The van der Waals surface area contributed by atoms with E-state index in [9.17, 15) is 9.59 Å². The van der Waals surface area contributed by atoms with Gasteiger partial charge in [0.05, 0.1) is 12.8 Å². The van der Waals surface area contributed by atoms with Gasteiger partial charge in [0.2, 0.25) is 5.91 Å². The number of nitrogens with zero attached hydrogens (tertiary/aromatic N) is 1. The van der Waals surface area contributed by atoms with E-state index in [2.05, 4.69) is 6.58 Å². The number of hydrogen-bond acceptors (Lipinski definition) is 4. The van der Waals surface area contributed by atoms with Gasteiger partial charge in [-0.2, -0.15) is 0 Å². The van der Waals surface area contributed by atoms with Crippen molar-refractivity contribution in [2.45, 2.75) is 0 Å². The van der Waals surface area contributed by atoms with Gasteiger partial charge in [0.1, 0.15) is 11.3 Å². The first-order valence-electron chi connectivity index (χ1n) is 6.99. The zero-order valence-corrected chi connectivity index (χ0v) is 12.8.